The lowest BCUT2D eigenvalue weighted by molar-refractivity contribution is -0.161. The van der Waals surface area contributed by atoms with Crippen LogP contribution < -0.4 is 0 Å². The van der Waals surface area contributed by atoms with E-state index in [-0.39, 0.29) is 19.4 Å². The van der Waals surface area contributed by atoms with Gasteiger partial charge in [0.25, 0.3) is 0 Å². The Bertz CT molecular complexity index is 1130. The molecule has 0 aromatic rings. The Morgan fingerprint density at radius 3 is 1.29 bits per heavy atom. The van der Waals surface area contributed by atoms with E-state index in [1.54, 1.807) is 0 Å². The predicted octanol–water partition coefficient (Wildman–Crippen LogP) is 13.9. The van der Waals surface area contributed by atoms with Crippen LogP contribution in [-0.2, 0) is 28.2 Å². The third-order valence-corrected chi connectivity index (χ3v) is 9.69. The molecule has 0 amide bonds. The normalized spacial score (nSPS) is 13.1. The van der Waals surface area contributed by atoms with Gasteiger partial charge in [0.1, 0.15) is 6.61 Å². The van der Waals surface area contributed by atoms with Crippen LogP contribution in [0.15, 0.2) is 72.9 Å². The molecular formula is C47H81O8P. The summed E-state index contributed by atoms with van der Waals surface area (Å²) in [6, 6.07) is 0. The zero-order valence-electron chi connectivity index (χ0n) is 35.5. The Hall–Kier alpha value is -2.51. The summed E-state index contributed by atoms with van der Waals surface area (Å²) in [4.78, 5) is 42.9. The van der Waals surface area contributed by atoms with Crippen LogP contribution in [0.3, 0.4) is 0 Å². The first-order chi connectivity index (χ1) is 27.3. The molecule has 0 spiro atoms. The van der Waals surface area contributed by atoms with Gasteiger partial charge in [-0.1, -0.05) is 170 Å². The third-order valence-electron chi connectivity index (χ3n) is 9.21. The second-order valence-electron chi connectivity index (χ2n) is 14.6. The highest BCUT2D eigenvalue weighted by molar-refractivity contribution is 7.46. The summed E-state index contributed by atoms with van der Waals surface area (Å²) < 4.78 is 26.4. The van der Waals surface area contributed by atoms with E-state index in [9.17, 15) is 14.2 Å². The molecule has 0 saturated carbocycles. The Morgan fingerprint density at radius 2 is 0.857 bits per heavy atom. The topological polar surface area (TPSA) is 119 Å². The first-order valence-electron chi connectivity index (χ1n) is 22.2. The molecule has 1 unspecified atom stereocenters. The fourth-order valence-electron chi connectivity index (χ4n) is 5.92. The van der Waals surface area contributed by atoms with Gasteiger partial charge in [0.2, 0.25) is 0 Å². The Morgan fingerprint density at radius 1 is 0.482 bits per heavy atom. The fraction of sp³-hybridized carbons (Fsp3) is 0.702. The predicted molar refractivity (Wildman–Crippen MR) is 234 cm³/mol. The lowest BCUT2D eigenvalue weighted by atomic mass is 10.1. The molecule has 0 aliphatic rings. The highest BCUT2D eigenvalue weighted by atomic mass is 31.2. The molecule has 2 N–H and O–H groups in total. The number of carbonyl (C=O) groups is 2. The number of hydrogen-bond acceptors (Lipinski definition) is 6. The number of ether oxygens (including phenoxy) is 2. The van der Waals surface area contributed by atoms with Crippen LogP contribution in [0.2, 0.25) is 0 Å². The van der Waals surface area contributed by atoms with Crippen LogP contribution in [-0.4, -0.2) is 41.0 Å². The average molecular weight is 805 g/mol. The molecule has 0 saturated heterocycles. The molecule has 0 fully saturated rings. The standard InChI is InChI=1S/C47H81O8P/c1-3-5-7-9-11-13-15-17-19-21-22-23-24-26-28-30-32-34-36-38-40-42-47(49)55-45(44-54-56(50,51)52)43-53-46(48)41-39-37-35-33-31-29-27-25-20-18-16-14-12-10-8-6-4-2/h5,7,11-14,17-20,22-23,45H,3-4,6,8-10,15-16,21,24-44H2,1-2H3,(H2,50,51,52)/b7-5-,13-11-,14-12-,19-17-,20-18-,23-22-. The van der Waals surface area contributed by atoms with E-state index < -0.39 is 32.5 Å². The maximum absolute atomic E-state index is 12.4. The molecule has 9 heteroatoms. The fourth-order valence-corrected chi connectivity index (χ4v) is 6.28. The second kappa shape index (κ2) is 42.1. The molecule has 0 aromatic heterocycles. The zero-order valence-corrected chi connectivity index (χ0v) is 36.4. The van der Waals surface area contributed by atoms with Gasteiger partial charge in [-0.15, -0.1) is 0 Å². The monoisotopic (exact) mass is 805 g/mol. The van der Waals surface area contributed by atoms with Gasteiger partial charge >= 0.3 is 19.8 Å². The van der Waals surface area contributed by atoms with Gasteiger partial charge in [-0.3, -0.25) is 14.1 Å². The van der Waals surface area contributed by atoms with Crippen molar-refractivity contribution in [2.75, 3.05) is 13.2 Å². The Balaban J connectivity index is 3.93. The molecule has 56 heavy (non-hydrogen) atoms. The summed E-state index contributed by atoms with van der Waals surface area (Å²) in [5, 5.41) is 0. The summed E-state index contributed by atoms with van der Waals surface area (Å²) in [5.41, 5.74) is 0. The number of esters is 2. The number of carbonyl (C=O) groups excluding carboxylic acids is 2. The van der Waals surface area contributed by atoms with E-state index in [0.29, 0.717) is 12.8 Å². The molecule has 0 aliphatic heterocycles. The first kappa shape index (κ1) is 53.5. The molecule has 0 aromatic carbocycles. The van der Waals surface area contributed by atoms with E-state index in [1.165, 1.54) is 70.6 Å². The Kier molecular flexibility index (Phi) is 40.2. The minimum absolute atomic E-state index is 0.197. The van der Waals surface area contributed by atoms with Crippen molar-refractivity contribution < 1.29 is 37.9 Å². The smallest absolute Gasteiger partial charge is 0.462 e. The van der Waals surface area contributed by atoms with Gasteiger partial charge in [0.05, 0.1) is 6.61 Å². The van der Waals surface area contributed by atoms with Crippen LogP contribution >= 0.6 is 7.82 Å². The van der Waals surface area contributed by atoms with Gasteiger partial charge in [-0.25, -0.2) is 4.57 Å². The van der Waals surface area contributed by atoms with Gasteiger partial charge in [-0.05, 0) is 83.5 Å². The van der Waals surface area contributed by atoms with Gasteiger partial charge in [0.15, 0.2) is 6.10 Å². The molecule has 0 radical (unpaired) electrons. The van der Waals surface area contributed by atoms with Crippen molar-refractivity contribution in [1.82, 2.24) is 0 Å². The van der Waals surface area contributed by atoms with E-state index in [4.69, 9.17) is 19.3 Å². The van der Waals surface area contributed by atoms with Crippen molar-refractivity contribution in [2.24, 2.45) is 0 Å². The minimum Gasteiger partial charge on any atom is -0.462 e. The lowest BCUT2D eigenvalue weighted by Gasteiger charge is -2.18. The van der Waals surface area contributed by atoms with Crippen LogP contribution in [0.1, 0.15) is 194 Å². The number of allylic oxidation sites excluding steroid dienone is 12. The minimum atomic E-state index is -4.76. The highest BCUT2D eigenvalue weighted by Crippen LogP contribution is 2.36. The molecular weight excluding hydrogens is 723 g/mol. The molecule has 0 bridgehead atoms. The van der Waals surface area contributed by atoms with Gasteiger partial charge in [0, 0.05) is 12.8 Å². The van der Waals surface area contributed by atoms with Crippen LogP contribution in [0, 0.1) is 0 Å². The summed E-state index contributed by atoms with van der Waals surface area (Å²) in [6.07, 6.45) is 54.7. The third kappa shape index (κ3) is 44.2. The van der Waals surface area contributed by atoms with Crippen molar-refractivity contribution in [3.63, 3.8) is 0 Å². The lowest BCUT2D eigenvalue weighted by Crippen LogP contribution is -2.29. The van der Waals surface area contributed by atoms with Crippen molar-refractivity contribution >= 4 is 19.8 Å². The van der Waals surface area contributed by atoms with Crippen molar-refractivity contribution in [1.29, 1.82) is 0 Å². The maximum atomic E-state index is 12.4. The molecule has 0 aliphatic carbocycles. The largest absolute Gasteiger partial charge is 0.469 e. The first-order valence-corrected chi connectivity index (χ1v) is 23.8. The second-order valence-corrected chi connectivity index (χ2v) is 15.9. The molecule has 0 heterocycles. The summed E-state index contributed by atoms with van der Waals surface area (Å²) in [5.74, 6) is -0.905. The quantitative estimate of drug-likeness (QED) is 0.0272. The number of rotatable bonds is 40. The molecule has 322 valence electrons. The van der Waals surface area contributed by atoms with Crippen molar-refractivity contribution in [3.05, 3.63) is 72.9 Å². The summed E-state index contributed by atoms with van der Waals surface area (Å²) >= 11 is 0. The molecule has 1 atom stereocenters. The van der Waals surface area contributed by atoms with E-state index >= 15 is 0 Å². The van der Waals surface area contributed by atoms with Crippen molar-refractivity contribution in [2.45, 2.75) is 200 Å². The van der Waals surface area contributed by atoms with Gasteiger partial charge < -0.3 is 19.3 Å². The zero-order chi connectivity index (χ0) is 41.1. The summed E-state index contributed by atoms with van der Waals surface area (Å²) in [6.45, 7) is 3.54. The number of phosphoric ester groups is 1. The number of unbranched alkanes of at least 4 members (excludes halogenated alkanes) is 18. The highest BCUT2D eigenvalue weighted by Gasteiger charge is 2.22. The average Bonchev–Trinajstić information content (AvgIpc) is 3.17. The molecule has 8 nitrogen and oxygen atoms in total. The van der Waals surface area contributed by atoms with Crippen LogP contribution in [0.5, 0.6) is 0 Å². The van der Waals surface area contributed by atoms with Crippen molar-refractivity contribution in [3.8, 4) is 0 Å². The van der Waals surface area contributed by atoms with E-state index in [1.807, 2.05) is 0 Å². The van der Waals surface area contributed by atoms with Crippen LogP contribution in [0.4, 0.5) is 0 Å². The number of hydrogen-bond donors (Lipinski definition) is 2. The summed E-state index contributed by atoms with van der Waals surface area (Å²) in [7, 11) is -4.76. The number of phosphoric acid groups is 1. The maximum Gasteiger partial charge on any atom is 0.469 e. The van der Waals surface area contributed by atoms with E-state index in [2.05, 4.69) is 91.3 Å². The Labute approximate surface area is 342 Å². The molecule has 0 rings (SSSR count). The SMILES string of the molecule is CC/C=C\C/C=C\C/C=C\C/C=C\CCCCCCCCCCC(=O)OC(COC(=O)CCCCCCCCC/C=C\C/C=C\CCCCC)COP(=O)(O)O. The van der Waals surface area contributed by atoms with Crippen LogP contribution in [0.25, 0.3) is 0 Å². The van der Waals surface area contributed by atoms with Gasteiger partial charge in [-0.2, -0.15) is 0 Å². The van der Waals surface area contributed by atoms with E-state index in [0.717, 1.165) is 83.5 Å².